The summed E-state index contributed by atoms with van der Waals surface area (Å²) in [6.07, 6.45) is 2.99. The number of carbonyl (C=O) groups excluding carboxylic acids is 2. The number of ether oxygens (including phenoxy) is 1. The molecule has 4 rings (SSSR count). The fourth-order valence-electron chi connectivity index (χ4n) is 4.31. The molecular weight excluding hydrogens is 438 g/mol. The summed E-state index contributed by atoms with van der Waals surface area (Å²) >= 11 is 0. The number of pyridine rings is 1. The van der Waals surface area contributed by atoms with E-state index in [2.05, 4.69) is 10.3 Å². The molecular formula is C24H27N5O5. The van der Waals surface area contributed by atoms with Crippen LogP contribution in [0.25, 0.3) is 11.0 Å². The second kappa shape index (κ2) is 9.12. The maximum absolute atomic E-state index is 13.3. The molecule has 1 aromatic carbocycles. The molecule has 1 N–H and O–H groups in total. The van der Waals surface area contributed by atoms with Crippen molar-refractivity contribution in [2.45, 2.75) is 26.2 Å². The molecule has 0 bridgehead atoms. The van der Waals surface area contributed by atoms with Gasteiger partial charge in [0, 0.05) is 45.0 Å². The lowest BCUT2D eigenvalue weighted by molar-refractivity contribution is -0.122. The molecule has 0 radical (unpaired) electrons. The van der Waals surface area contributed by atoms with Gasteiger partial charge in [-0.25, -0.2) is 9.78 Å². The third kappa shape index (κ3) is 3.95. The van der Waals surface area contributed by atoms with Gasteiger partial charge in [0.05, 0.1) is 18.7 Å². The molecule has 10 heteroatoms. The average Bonchev–Trinajstić information content (AvgIpc) is 3.24. The van der Waals surface area contributed by atoms with E-state index in [9.17, 15) is 19.2 Å². The Hall–Kier alpha value is -3.95. The number of fused-ring (bicyclic) bond motifs is 1. The van der Waals surface area contributed by atoms with Gasteiger partial charge in [0.2, 0.25) is 11.8 Å². The molecule has 1 unspecified atom stereocenters. The van der Waals surface area contributed by atoms with Crippen molar-refractivity contribution in [2.75, 3.05) is 23.9 Å². The summed E-state index contributed by atoms with van der Waals surface area (Å²) in [4.78, 5) is 57.3. The van der Waals surface area contributed by atoms with Crippen LogP contribution < -0.4 is 26.2 Å². The minimum Gasteiger partial charge on any atom is -0.497 e. The predicted molar refractivity (Wildman–Crippen MR) is 128 cm³/mol. The first-order chi connectivity index (χ1) is 16.3. The third-order valence-electron chi connectivity index (χ3n) is 6.18. The molecule has 0 spiro atoms. The van der Waals surface area contributed by atoms with Crippen LogP contribution in [0.15, 0.2) is 40.1 Å². The Balaban J connectivity index is 1.70. The van der Waals surface area contributed by atoms with Gasteiger partial charge >= 0.3 is 5.69 Å². The molecule has 1 fully saturated rings. The van der Waals surface area contributed by atoms with Crippen molar-refractivity contribution in [1.29, 1.82) is 0 Å². The zero-order valence-corrected chi connectivity index (χ0v) is 19.6. The maximum Gasteiger partial charge on any atom is 0.332 e. The largest absolute Gasteiger partial charge is 0.497 e. The fraction of sp³-hybridized carbons (Fsp3) is 0.375. The molecule has 178 valence electrons. The number of hydrogen-bond donors (Lipinski definition) is 1. The highest BCUT2D eigenvalue weighted by Crippen LogP contribution is 2.30. The molecule has 34 heavy (non-hydrogen) atoms. The first kappa shape index (κ1) is 23.2. The summed E-state index contributed by atoms with van der Waals surface area (Å²) in [7, 11) is 4.47. The maximum atomic E-state index is 13.3. The van der Waals surface area contributed by atoms with E-state index < -0.39 is 17.2 Å². The van der Waals surface area contributed by atoms with Gasteiger partial charge in [-0.3, -0.25) is 23.5 Å². The molecule has 1 aliphatic heterocycles. The van der Waals surface area contributed by atoms with Crippen molar-refractivity contribution in [1.82, 2.24) is 14.1 Å². The molecule has 0 aliphatic carbocycles. The summed E-state index contributed by atoms with van der Waals surface area (Å²) in [5.74, 6) is -0.514. The van der Waals surface area contributed by atoms with Gasteiger partial charge in [0.25, 0.3) is 5.56 Å². The van der Waals surface area contributed by atoms with E-state index in [1.54, 1.807) is 42.5 Å². The van der Waals surface area contributed by atoms with E-state index in [4.69, 9.17) is 4.74 Å². The van der Waals surface area contributed by atoms with Crippen LogP contribution in [0, 0.1) is 5.92 Å². The molecule has 10 nitrogen and oxygen atoms in total. The van der Waals surface area contributed by atoms with Crippen LogP contribution in [-0.2, 0) is 30.1 Å². The lowest BCUT2D eigenvalue weighted by Gasteiger charge is -2.19. The second-order valence-corrected chi connectivity index (χ2v) is 8.41. The van der Waals surface area contributed by atoms with E-state index in [1.807, 2.05) is 6.92 Å². The smallest absolute Gasteiger partial charge is 0.332 e. The number of amides is 2. The van der Waals surface area contributed by atoms with Crippen LogP contribution in [0.3, 0.4) is 0 Å². The normalized spacial score (nSPS) is 15.7. The van der Waals surface area contributed by atoms with Gasteiger partial charge < -0.3 is 15.0 Å². The highest BCUT2D eigenvalue weighted by atomic mass is 16.5. The van der Waals surface area contributed by atoms with Gasteiger partial charge in [0.15, 0.2) is 5.65 Å². The summed E-state index contributed by atoms with van der Waals surface area (Å²) in [5, 5.41) is 3.08. The van der Waals surface area contributed by atoms with Crippen LogP contribution in [-0.4, -0.2) is 39.6 Å². The Kier molecular flexibility index (Phi) is 6.23. The molecule has 3 aromatic rings. The average molecular weight is 466 g/mol. The van der Waals surface area contributed by atoms with E-state index >= 15 is 0 Å². The SMILES string of the molecule is CCCc1cnc2c(c1NC(=O)C1CC(=O)N(c3cccc(OC)c3)C1)c(=O)n(C)c(=O)n2C. The minimum absolute atomic E-state index is 0.0473. The Morgan fingerprint density at radius 2 is 1.97 bits per heavy atom. The third-order valence-corrected chi connectivity index (χ3v) is 6.18. The van der Waals surface area contributed by atoms with Crippen LogP contribution in [0.1, 0.15) is 25.3 Å². The van der Waals surface area contributed by atoms with Crippen LogP contribution in [0.4, 0.5) is 11.4 Å². The Morgan fingerprint density at radius 1 is 1.21 bits per heavy atom. The minimum atomic E-state index is -0.604. The van der Waals surface area contributed by atoms with Crippen molar-refractivity contribution < 1.29 is 14.3 Å². The molecule has 1 saturated heterocycles. The summed E-state index contributed by atoms with van der Waals surface area (Å²) in [6.45, 7) is 2.19. The highest BCUT2D eigenvalue weighted by Gasteiger charge is 2.36. The van der Waals surface area contributed by atoms with Crippen LogP contribution in [0.5, 0.6) is 5.75 Å². The first-order valence-corrected chi connectivity index (χ1v) is 11.1. The number of rotatable bonds is 6. The van der Waals surface area contributed by atoms with Gasteiger partial charge in [-0.15, -0.1) is 0 Å². The molecule has 0 saturated carbocycles. The molecule has 1 atom stereocenters. The number of anilines is 2. The van der Waals surface area contributed by atoms with E-state index in [0.717, 1.165) is 11.0 Å². The van der Waals surface area contributed by atoms with Gasteiger partial charge in [-0.2, -0.15) is 0 Å². The van der Waals surface area contributed by atoms with Crippen molar-refractivity contribution in [2.24, 2.45) is 20.0 Å². The molecule has 3 heterocycles. The van der Waals surface area contributed by atoms with E-state index in [1.165, 1.54) is 18.7 Å². The first-order valence-electron chi connectivity index (χ1n) is 11.1. The number of benzene rings is 1. The van der Waals surface area contributed by atoms with E-state index in [-0.39, 0.29) is 35.8 Å². The topological polar surface area (TPSA) is 116 Å². The van der Waals surface area contributed by atoms with Crippen molar-refractivity contribution in [3.05, 3.63) is 56.9 Å². The molecule has 2 aromatic heterocycles. The Labute approximate surface area is 195 Å². The zero-order chi connectivity index (χ0) is 24.6. The quantitative estimate of drug-likeness (QED) is 0.591. The van der Waals surface area contributed by atoms with Gasteiger partial charge in [-0.05, 0) is 24.1 Å². The van der Waals surface area contributed by atoms with E-state index in [0.29, 0.717) is 29.1 Å². The number of nitrogens with zero attached hydrogens (tertiary/aromatic N) is 4. The number of aromatic nitrogens is 3. The van der Waals surface area contributed by atoms with Crippen LogP contribution >= 0.6 is 0 Å². The number of carbonyl (C=O) groups is 2. The van der Waals surface area contributed by atoms with Gasteiger partial charge in [-0.1, -0.05) is 19.4 Å². The second-order valence-electron chi connectivity index (χ2n) is 8.41. The fourth-order valence-corrected chi connectivity index (χ4v) is 4.31. The number of methoxy groups -OCH3 is 1. The molecule has 1 aliphatic rings. The van der Waals surface area contributed by atoms with Crippen molar-refractivity contribution in [3.8, 4) is 5.75 Å². The highest BCUT2D eigenvalue weighted by molar-refractivity contribution is 6.06. The lowest BCUT2D eigenvalue weighted by Crippen LogP contribution is -2.38. The monoisotopic (exact) mass is 465 g/mol. The zero-order valence-electron chi connectivity index (χ0n) is 19.6. The number of nitrogens with one attached hydrogen (secondary N) is 1. The lowest BCUT2D eigenvalue weighted by atomic mass is 10.0. The Bertz CT molecular complexity index is 1410. The van der Waals surface area contributed by atoms with Crippen LogP contribution in [0.2, 0.25) is 0 Å². The number of hydrogen-bond acceptors (Lipinski definition) is 6. The summed E-state index contributed by atoms with van der Waals surface area (Å²) < 4.78 is 7.52. The molecule has 2 amide bonds. The summed E-state index contributed by atoms with van der Waals surface area (Å²) in [5.41, 5.74) is 0.877. The standard InChI is InChI=1S/C24H27N5O5/c1-5-7-14-12-25-21-19(23(32)28(3)24(33)27(21)2)20(14)26-22(31)15-10-18(30)29(13-15)16-8-6-9-17(11-16)34-4/h6,8-9,11-12,15H,5,7,10,13H2,1-4H3,(H,25,26,31). The Morgan fingerprint density at radius 3 is 2.68 bits per heavy atom. The van der Waals surface area contributed by atoms with Crippen molar-refractivity contribution in [3.63, 3.8) is 0 Å². The number of aryl methyl sites for hydroxylation is 2. The summed E-state index contributed by atoms with van der Waals surface area (Å²) in [6, 6.07) is 7.11. The predicted octanol–water partition coefficient (Wildman–Crippen LogP) is 1.58. The van der Waals surface area contributed by atoms with Crippen molar-refractivity contribution >= 4 is 34.2 Å². The van der Waals surface area contributed by atoms with Gasteiger partial charge in [0.1, 0.15) is 11.1 Å².